The number of carbonyl (C=O) groups is 2. The van der Waals surface area contributed by atoms with Gasteiger partial charge < -0.3 is 19.3 Å². The van der Waals surface area contributed by atoms with E-state index >= 15 is 0 Å². The van der Waals surface area contributed by atoms with Crippen molar-refractivity contribution in [3.63, 3.8) is 0 Å². The second-order valence-corrected chi connectivity index (χ2v) is 9.58. The summed E-state index contributed by atoms with van der Waals surface area (Å²) in [5.74, 6) is -0.467. The highest BCUT2D eigenvalue weighted by Crippen LogP contribution is 2.34. The Morgan fingerprint density at radius 1 is 1.20 bits per heavy atom. The fourth-order valence-electron chi connectivity index (χ4n) is 4.09. The van der Waals surface area contributed by atoms with Crippen molar-refractivity contribution in [3.05, 3.63) is 86.8 Å². The predicted molar refractivity (Wildman–Crippen MR) is 134 cm³/mol. The fourth-order valence-corrected chi connectivity index (χ4v) is 5.15. The number of hydrogen-bond acceptors (Lipinski definition) is 5. The van der Waals surface area contributed by atoms with E-state index in [1.165, 1.54) is 41.2 Å². The van der Waals surface area contributed by atoms with Crippen molar-refractivity contribution in [2.45, 2.75) is 12.5 Å². The van der Waals surface area contributed by atoms with Crippen LogP contribution in [-0.4, -0.2) is 61.6 Å². The number of rotatable bonds is 9. The maximum atomic E-state index is 13.7. The van der Waals surface area contributed by atoms with E-state index in [9.17, 15) is 14.0 Å². The van der Waals surface area contributed by atoms with Crippen LogP contribution in [0, 0.1) is 5.82 Å². The number of hydrogen-bond donors (Lipinski definition) is 0. The van der Waals surface area contributed by atoms with Gasteiger partial charge in [-0.15, -0.1) is 11.3 Å². The molecule has 0 saturated heterocycles. The first kappa shape index (κ1) is 25.2. The zero-order valence-corrected chi connectivity index (χ0v) is 20.9. The maximum absolute atomic E-state index is 13.7. The molecule has 1 aliphatic rings. The van der Waals surface area contributed by atoms with Crippen molar-refractivity contribution in [2.75, 3.05) is 40.0 Å². The Hall–Kier alpha value is -2.94. The molecule has 0 aliphatic carbocycles. The third-order valence-electron chi connectivity index (χ3n) is 5.89. The Balaban J connectivity index is 1.52. The first-order chi connectivity index (χ1) is 17.0. The molecule has 0 radical (unpaired) electrons. The zero-order valence-electron chi connectivity index (χ0n) is 19.3. The summed E-state index contributed by atoms with van der Waals surface area (Å²) >= 11 is 7.64. The van der Waals surface area contributed by atoms with E-state index in [-0.39, 0.29) is 43.8 Å². The number of halogens is 2. The average molecular weight is 517 g/mol. The first-order valence-electron chi connectivity index (χ1n) is 11.2. The second-order valence-electron chi connectivity index (χ2n) is 8.15. The summed E-state index contributed by atoms with van der Waals surface area (Å²) in [7, 11) is 1.53. The van der Waals surface area contributed by atoms with Gasteiger partial charge in [0.25, 0.3) is 5.91 Å². The lowest BCUT2D eigenvalue weighted by molar-refractivity contribution is -0.135. The van der Waals surface area contributed by atoms with Crippen LogP contribution in [0.4, 0.5) is 4.39 Å². The highest BCUT2D eigenvalue weighted by atomic mass is 35.5. The van der Waals surface area contributed by atoms with Crippen molar-refractivity contribution in [1.29, 1.82) is 0 Å². The Morgan fingerprint density at radius 3 is 2.74 bits per heavy atom. The molecule has 0 unspecified atom stereocenters. The summed E-state index contributed by atoms with van der Waals surface area (Å²) in [6, 6.07) is 14.3. The third kappa shape index (κ3) is 6.20. The number of thiophene rings is 1. The molecule has 6 nitrogen and oxygen atoms in total. The van der Waals surface area contributed by atoms with Crippen LogP contribution in [-0.2, 0) is 16.0 Å². The van der Waals surface area contributed by atoms with E-state index in [1.54, 1.807) is 40.5 Å². The number of methoxy groups -OCH3 is 1. The van der Waals surface area contributed by atoms with Gasteiger partial charge in [0, 0.05) is 35.7 Å². The highest BCUT2D eigenvalue weighted by Gasteiger charge is 2.33. The van der Waals surface area contributed by atoms with Crippen LogP contribution in [0.5, 0.6) is 5.75 Å². The monoisotopic (exact) mass is 516 g/mol. The molecule has 0 bridgehead atoms. The number of ether oxygens (including phenoxy) is 2. The van der Waals surface area contributed by atoms with Gasteiger partial charge in [0.1, 0.15) is 24.7 Å². The van der Waals surface area contributed by atoms with Gasteiger partial charge in [-0.25, -0.2) is 4.39 Å². The van der Waals surface area contributed by atoms with E-state index in [0.717, 1.165) is 12.0 Å². The van der Waals surface area contributed by atoms with Gasteiger partial charge in [-0.05, 0) is 65.9 Å². The molecule has 4 rings (SSSR count). The lowest BCUT2D eigenvalue weighted by atomic mass is 10.0. The summed E-state index contributed by atoms with van der Waals surface area (Å²) in [5, 5.41) is 2.64. The Kier molecular flexibility index (Phi) is 8.38. The van der Waals surface area contributed by atoms with Gasteiger partial charge in [0.2, 0.25) is 5.91 Å². The number of carbonyl (C=O) groups excluding carboxylic acids is 2. The molecular formula is C26H26ClFN2O4S. The maximum Gasteiger partial charge on any atom is 0.254 e. The van der Waals surface area contributed by atoms with Crippen LogP contribution in [0.2, 0.25) is 5.02 Å². The highest BCUT2D eigenvalue weighted by molar-refractivity contribution is 7.10. The van der Waals surface area contributed by atoms with Crippen molar-refractivity contribution >= 4 is 34.8 Å². The molecule has 2 heterocycles. The fraction of sp³-hybridized carbons (Fsp3) is 0.308. The average Bonchev–Trinajstić information content (AvgIpc) is 3.34. The van der Waals surface area contributed by atoms with E-state index in [4.69, 9.17) is 21.1 Å². The minimum Gasteiger partial charge on any atom is -0.491 e. The van der Waals surface area contributed by atoms with E-state index in [1.807, 2.05) is 11.4 Å². The van der Waals surface area contributed by atoms with Gasteiger partial charge in [0.15, 0.2) is 0 Å². The normalized spacial score (nSPS) is 14.9. The summed E-state index contributed by atoms with van der Waals surface area (Å²) in [6.45, 7) is 1.11. The van der Waals surface area contributed by atoms with Gasteiger partial charge >= 0.3 is 0 Å². The molecule has 35 heavy (non-hydrogen) atoms. The Labute approximate surface area is 212 Å². The SMILES string of the molecule is COCCN(CC(=O)N1CCc2sccc2[C@H]1COc1ccc(Cl)cc1)C(=O)c1cccc(F)c1. The molecule has 2 aromatic carbocycles. The van der Waals surface area contributed by atoms with Gasteiger partial charge in [-0.2, -0.15) is 0 Å². The molecule has 184 valence electrons. The Morgan fingerprint density at radius 2 is 2.00 bits per heavy atom. The van der Waals surface area contributed by atoms with Crippen LogP contribution in [0.25, 0.3) is 0 Å². The topological polar surface area (TPSA) is 59.1 Å². The standard InChI is InChI=1S/C26H26ClFN2O4S/c1-33-13-12-29(26(32)18-3-2-4-20(28)15-18)16-25(31)30-11-9-24-22(10-14-35-24)23(30)17-34-21-7-5-19(27)6-8-21/h2-8,10,14-15,23H,9,11-13,16-17H2,1H3/t23-/m1/s1. The van der Waals surface area contributed by atoms with Crippen LogP contribution < -0.4 is 4.74 Å². The minimum atomic E-state index is -0.505. The number of fused-ring (bicyclic) bond motifs is 1. The second kappa shape index (κ2) is 11.7. The number of benzene rings is 2. The first-order valence-corrected chi connectivity index (χ1v) is 12.5. The summed E-state index contributed by atoms with van der Waals surface area (Å²) < 4.78 is 24.9. The van der Waals surface area contributed by atoms with Crippen LogP contribution in [0.15, 0.2) is 60.0 Å². The molecule has 3 aromatic rings. The lowest BCUT2D eigenvalue weighted by Crippen LogP contribution is -2.48. The molecule has 0 saturated carbocycles. The van der Waals surface area contributed by atoms with Gasteiger partial charge in [-0.1, -0.05) is 17.7 Å². The van der Waals surface area contributed by atoms with Crippen molar-refractivity contribution < 1.29 is 23.5 Å². The van der Waals surface area contributed by atoms with Crippen LogP contribution >= 0.6 is 22.9 Å². The van der Waals surface area contributed by atoms with Crippen LogP contribution in [0.1, 0.15) is 26.8 Å². The molecule has 0 N–H and O–H groups in total. The zero-order chi connectivity index (χ0) is 24.8. The van der Waals surface area contributed by atoms with Gasteiger partial charge in [0.05, 0.1) is 12.6 Å². The third-order valence-corrected chi connectivity index (χ3v) is 7.14. The lowest BCUT2D eigenvalue weighted by Gasteiger charge is -2.37. The summed E-state index contributed by atoms with van der Waals surface area (Å²) in [4.78, 5) is 31.0. The molecule has 0 spiro atoms. The number of nitrogens with zero attached hydrogens (tertiary/aromatic N) is 2. The van der Waals surface area contributed by atoms with E-state index < -0.39 is 11.7 Å². The van der Waals surface area contributed by atoms with E-state index in [0.29, 0.717) is 17.3 Å². The molecule has 9 heteroatoms. The molecule has 1 aromatic heterocycles. The predicted octanol–water partition coefficient (Wildman–Crippen LogP) is 4.83. The van der Waals surface area contributed by atoms with Crippen molar-refractivity contribution in [1.82, 2.24) is 9.80 Å². The van der Waals surface area contributed by atoms with Crippen molar-refractivity contribution in [3.8, 4) is 5.75 Å². The molecule has 2 amide bonds. The van der Waals surface area contributed by atoms with Gasteiger partial charge in [-0.3, -0.25) is 9.59 Å². The summed E-state index contributed by atoms with van der Waals surface area (Å²) in [6.07, 6.45) is 0.742. The van der Waals surface area contributed by atoms with Crippen LogP contribution in [0.3, 0.4) is 0 Å². The number of amides is 2. The van der Waals surface area contributed by atoms with E-state index in [2.05, 4.69) is 0 Å². The molecule has 0 fully saturated rings. The largest absolute Gasteiger partial charge is 0.491 e. The Bertz CT molecular complexity index is 1170. The quantitative estimate of drug-likeness (QED) is 0.408. The summed E-state index contributed by atoms with van der Waals surface area (Å²) in [5.41, 5.74) is 1.25. The van der Waals surface area contributed by atoms with Crippen molar-refractivity contribution in [2.24, 2.45) is 0 Å². The minimum absolute atomic E-state index is 0.143. The molecule has 1 atom stereocenters. The molecular weight excluding hydrogens is 491 g/mol. The smallest absolute Gasteiger partial charge is 0.254 e. The molecule has 1 aliphatic heterocycles.